The van der Waals surface area contributed by atoms with Gasteiger partial charge in [0.1, 0.15) is 5.69 Å². The Hall–Kier alpha value is -3.54. The van der Waals surface area contributed by atoms with Crippen LogP contribution in [-0.2, 0) is 6.54 Å². The molecule has 0 saturated carbocycles. The predicted molar refractivity (Wildman–Crippen MR) is 105 cm³/mol. The molecule has 0 fully saturated rings. The zero-order chi connectivity index (χ0) is 19.1. The standard InChI is InChI=1S/C21H21N3O3/c1-26-19-11-9-16(12-20(19)27-2)24-17-8-10-18(22-14-17)21(25)23-13-15-6-4-3-5-7-15/h3-12,14,24H,13H2,1-2H3,(H,23,25). The third-order valence-corrected chi connectivity index (χ3v) is 3.96. The zero-order valence-electron chi connectivity index (χ0n) is 15.2. The maximum Gasteiger partial charge on any atom is 0.270 e. The van der Waals surface area contributed by atoms with Crippen molar-refractivity contribution in [3.8, 4) is 11.5 Å². The summed E-state index contributed by atoms with van der Waals surface area (Å²) in [7, 11) is 3.18. The fourth-order valence-electron chi connectivity index (χ4n) is 2.55. The summed E-state index contributed by atoms with van der Waals surface area (Å²) in [5.41, 5.74) is 3.00. The first-order chi connectivity index (χ1) is 13.2. The van der Waals surface area contributed by atoms with Crippen molar-refractivity contribution < 1.29 is 14.3 Å². The molecule has 0 saturated heterocycles. The molecule has 0 spiro atoms. The second-order valence-electron chi connectivity index (χ2n) is 5.80. The van der Waals surface area contributed by atoms with Crippen LogP contribution in [0, 0.1) is 0 Å². The van der Waals surface area contributed by atoms with Gasteiger partial charge in [-0.2, -0.15) is 0 Å². The van der Waals surface area contributed by atoms with Crippen molar-refractivity contribution in [3.63, 3.8) is 0 Å². The van der Waals surface area contributed by atoms with Gasteiger partial charge >= 0.3 is 0 Å². The highest BCUT2D eigenvalue weighted by Crippen LogP contribution is 2.30. The van der Waals surface area contributed by atoms with E-state index in [9.17, 15) is 4.79 Å². The third-order valence-electron chi connectivity index (χ3n) is 3.96. The van der Waals surface area contributed by atoms with Crippen molar-refractivity contribution >= 4 is 17.3 Å². The molecule has 0 bridgehead atoms. The Labute approximate surface area is 158 Å². The Morgan fingerprint density at radius 3 is 2.33 bits per heavy atom. The number of pyridine rings is 1. The lowest BCUT2D eigenvalue weighted by atomic mass is 10.2. The van der Waals surface area contributed by atoms with E-state index >= 15 is 0 Å². The van der Waals surface area contributed by atoms with Gasteiger partial charge in [0, 0.05) is 18.3 Å². The normalized spacial score (nSPS) is 10.1. The Bertz CT molecular complexity index is 896. The molecule has 0 aliphatic heterocycles. The van der Waals surface area contributed by atoms with E-state index in [0.717, 1.165) is 16.9 Å². The van der Waals surface area contributed by atoms with Gasteiger partial charge in [0.15, 0.2) is 11.5 Å². The Morgan fingerprint density at radius 2 is 1.67 bits per heavy atom. The molecule has 2 N–H and O–H groups in total. The third kappa shape index (κ3) is 4.76. The highest BCUT2D eigenvalue weighted by molar-refractivity contribution is 5.92. The van der Waals surface area contributed by atoms with E-state index in [0.29, 0.717) is 23.7 Å². The van der Waals surface area contributed by atoms with Gasteiger partial charge in [0.25, 0.3) is 5.91 Å². The average Bonchev–Trinajstić information content (AvgIpc) is 2.73. The van der Waals surface area contributed by atoms with Crippen LogP contribution in [0.2, 0.25) is 0 Å². The molecule has 138 valence electrons. The molecular formula is C21H21N3O3. The van der Waals surface area contributed by atoms with E-state index in [1.807, 2.05) is 48.5 Å². The van der Waals surface area contributed by atoms with E-state index in [2.05, 4.69) is 15.6 Å². The molecule has 0 aliphatic carbocycles. The van der Waals surface area contributed by atoms with Crippen molar-refractivity contribution in [1.29, 1.82) is 0 Å². The molecule has 1 heterocycles. The van der Waals surface area contributed by atoms with Crippen LogP contribution in [0.3, 0.4) is 0 Å². The van der Waals surface area contributed by atoms with Crippen molar-refractivity contribution in [2.45, 2.75) is 6.54 Å². The number of benzene rings is 2. The number of carbonyl (C=O) groups excluding carboxylic acids is 1. The summed E-state index contributed by atoms with van der Waals surface area (Å²) < 4.78 is 10.5. The lowest BCUT2D eigenvalue weighted by Gasteiger charge is -2.11. The fourth-order valence-corrected chi connectivity index (χ4v) is 2.55. The SMILES string of the molecule is COc1ccc(Nc2ccc(C(=O)NCc3ccccc3)nc2)cc1OC. The van der Waals surface area contributed by atoms with Gasteiger partial charge in [-0.25, -0.2) is 4.98 Å². The lowest BCUT2D eigenvalue weighted by Crippen LogP contribution is -2.23. The molecule has 3 aromatic rings. The van der Waals surface area contributed by atoms with Crippen LogP contribution < -0.4 is 20.1 Å². The number of hydrogen-bond donors (Lipinski definition) is 2. The summed E-state index contributed by atoms with van der Waals surface area (Å²) in [6.45, 7) is 0.465. The largest absolute Gasteiger partial charge is 0.493 e. The summed E-state index contributed by atoms with van der Waals surface area (Å²) in [4.78, 5) is 16.5. The van der Waals surface area contributed by atoms with Gasteiger partial charge in [0.05, 0.1) is 26.1 Å². The quantitative estimate of drug-likeness (QED) is 0.668. The fraction of sp³-hybridized carbons (Fsp3) is 0.143. The van der Waals surface area contributed by atoms with Crippen LogP contribution in [-0.4, -0.2) is 25.1 Å². The molecule has 0 radical (unpaired) electrons. The maximum atomic E-state index is 12.2. The van der Waals surface area contributed by atoms with E-state index in [1.165, 1.54) is 0 Å². The predicted octanol–water partition coefficient (Wildman–Crippen LogP) is 3.77. The molecule has 3 rings (SSSR count). The van der Waals surface area contributed by atoms with Gasteiger partial charge in [-0.3, -0.25) is 4.79 Å². The first-order valence-corrected chi connectivity index (χ1v) is 8.47. The highest BCUT2D eigenvalue weighted by atomic mass is 16.5. The number of ether oxygens (including phenoxy) is 2. The van der Waals surface area contributed by atoms with Crippen LogP contribution in [0.4, 0.5) is 11.4 Å². The van der Waals surface area contributed by atoms with Gasteiger partial charge in [0.2, 0.25) is 0 Å². The molecule has 2 aromatic carbocycles. The molecule has 0 atom stereocenters. The van der Waals surface area contributed by atoms with Gasteiger partial charge < -0.3 is 20.1 Å². The van der Waals surface area contributed by atoms with E-state index in [4.69, 9.17) is 9.47 Å². The minimum atomic E-state index is -0.212. The van der Waals surface area contributed by atoms with Crippen LogP contribution in [0.25, 0.3) is 0 Å². The zero-order valence-corrected chi connectivity index (χ0v) is 15.2. The summed E-state index contributed by atoms with van der Waals surface area (Å²) in [5.74, 6) is 1.08. The van der Waals surface area contributed by atoms with E-state index < -0.39 is 0 Å². The molecule has 1 amide bonds. The number of rotatable bonds is 7. The van der Waals surface area contributed by atoms with Crippen molar-refractivity contribution in [2.24, 2.45) is 0 Å². The Kier molecular flexibility index (Phi) is 5.89. The number of nitrogens with one attached hydrogen (secondary N) is 2. The monoisotopic (exact) mass is 363 g/mol. The molecule has 1 aromatic heterocycles. The second kappa shape index (κ2) is 8.71. The van der Waals surface area contributed by atoms with Crippen molar-refractivity contribution in [1.82, 2.24) is 10.3 Å². The molecule has 0 aliphatic rings. The number of methoxy groups -OCH3 is 2. The molecule has 6 nitrogen and oxygen atoms in total. The van der Waals surface area contributed by atoms with Crippen molar-refractivity contribution in [2.75, 3.05) is 19.5 Å². The second-order valence-corrected chi connectivity index (χ2v) is 5.80. The number of nitrogens with zero attached hydrogens (tertiary/aromatic N) is 1. The van der Waals surface area contributed by atoms with Crippen LogP contribution in [0.5, 0.6) is 11.5 Å². The van der Waals surface area contributed by atoms with Crippen LogP contribution in [0.1, 0.15) is 16.1 Å². The minimum absolute atomic E-state index is 0.212. The Balaban J connectivity index is 1.62. The molecule has 6 heteroatoms. The smallest absolute Gasteiger partial charge is 0.270 e. The molecular weight excluding hydrogens is 342 g/mol. The number of hydrogen-bond acceptors (Lipinski definition) is 5. The maximum absolute atomic E-state index is 12.2. The highest BCUT2D eigenvalue weighted by Gasteiger charge is 2.08. The summed E-state index contributed by atoms with van der Waals surface area (Å²) >= 11 is 0. The number of aromatic nitrogens is 1. The number of carbonyl (C=O) groups is 1. The van der Waals surface area contributed by atoms with E-state index in [1.54, 1.807) is 32.5 Å². The Morgan fingerprint density at radius 1 is 0.926 bits per heavy atom. The van der Waals surface area contributed by atoms with Gasteiger partial charge in [-0.05, 0) is 29.8 Å². The first-order valence-electron chi connectivity index (χ1n) is 8.47. The van der Waals surface area contributed by atoms with Gasteiger partial charge in [-0.15, -0.1) is 0 Å². The number of anilines is 2. The summed E-state index contributed by atoms with van der Waals surface area (Å²) in [5, 5.41) is 6.08. The lowest BCUT2D eigenvalue weighted by molar-refractivity contribution is 0.0946. The van der Waals surface area contributed by atoms with Crippen LogP contribution >= 0.6 is 0 Å². The average molecular weight is 363 g/mol. The number of amides is 1. The summed E-state index contributed by atoms with van der Waals surface area (Å²) in [6.07, 6.45) is 1.62. The molecule has 0 unspecified atom stereocenters. The minimum Gasteiger partial charge on any atom is -0.493 e. The van der Waals surface area contributed by atoms with E-state index in [-0.39, 0.29) is 5.91 Å². The topological polar surface area (TPSA) is 72.5 Å². The first kappa shape index (κ1) is 18.3. The van der Waals surface area contributed by atoms with Crippen LogP contribution in [0.15, 0.2) is 66.9 Å². The molecule has 27 heavy (non-hydrogen) atoms. The van der Waals surface area contributed by atoms with Gasteiger partial charge in [-0.1, -0.05) is 30.3 Å². The summed E-state index contributed by atoms with van der Waals surface area (Å²) in [6, 6.07) is 18.8. The van der Waals surface area contributed by atoms with Crippen molar-refractivity contribution in [3.05, 3.63) is 78.1 Å².